The number of rotatable bonds is 10. The molecule has 4 heteroatoms. The Hall–Kier alpha value is -2.88. The zero-order chi connectivity index (χ0) is 19.0. The van der Waals surface area contributed by atoms with Crippen molar-refractivity contribution in [2.24, 2.45) is 5.41 Å². The zero-order valence-electron chi connectivity index (χ0n) is 14.7. The number of benzene rings is 2. The summed E-state index contributed by atoms with van der Waals surface area (Å²) in [5.41, 5.74) is 1.48. The molecule has 0 heterocycles. The van der Waals surface area contributed by atoms with Crippen LogP contribution in [0.2, 0.25) is 0 Å². The molecule has 0 aliphatic carbocycles. The van der Waals surface area contributed by atoms with Crippen LogP contribution in [0.5, 0.6) is 0 Å². The van der Waals surface area contributed by atoms with Crippen molar-refractivity contribution in [3.05, 3.63) is 83.9 Å². The van der Waals surface area contributed by atoms with Gasteiger partial charge in [0.1, 0.15) is 0 Å². The van der Waals surface area contributed by atoms with Crippen LogP contribution in [0.3, 0.4) is 0 Å². The fourth-order valence-electron chi connectivity index (χ4n) is 3.24. The van der Waals surface area contributed by atoms with Gasteiger partial charge in [0.25, 0.3) is 0 Å². The number of carbonyl (C=O) groups is 2. The molecule has 0 aromatic heterocycles. The molecule has 4 nitrogen and oxygen atoms in total. The topological polar surface area (TPSA) is 74.6 Å². The molecular weight excluding hydrogens is 328 g/mol. The molecular formula is C22H24O4. The maximum atomic E-state index is 12.3. The minimum Gasteiger partial charge on any atom is -0.481 e. The number of carboxylic acid groups (broad SMARTS) is 2. The molecule has 0 unspecified atom stereocenters. The minimum absolute atomic E-state index is 0.0365. The van der Waals surface area contributed by atoms with E-state index in [0.29, 0.717) is 18.4 Å². The summed E-state index contributed by atoms with van der Waals surface area (Å²) >= 11 is 0. The van der Waals surface area contributed by atoms with Crippen LogP contribution in [-0.2, 0) is 22.4 Å². The maximum absolute atomic E-state index is 12.3. The molecule has 0 aliphatic heterocycles. The van der Waals surface area contributed by atoms with Crippen LogP contribution in [0.1, 0.15) is 30.4 Å². The molecule has 2 aromatic carbocycles. The summed E-state index contributed by atoms with van der Waals surface area (Å²) in [5.74, 6) is -1.79. The quantitative estimate of drug-likeness (QED) is 0.623. The standard InChI is InChI=1S/C22H24O4/c1-17(12-13-20(23)24)14-22(21(25)26,15-18-8-4-2-5-9-18)16-19-10-6-3-7-11-19/h2-11H,1,12-16H2,(H,23,24)(H,25,26). The highest BCUT2D eigenvalue weighted by atomic mass is 16.4. The van der Waals surface area contributed by atoms with E-state index in [2.05, 4.69) is 6.58 Å². The number of aliphatic carboxylic acids is 2. The minimum atomic E-state index is -1.06. The Labute approximate surface area is 153 Å². The Morgan fingerprint density at radius 3 is 1.65 bits per heavy atom. The largest absolute Gasteiger partial charge is 0.481 e. The summed E-state index contributed by atoms with van der Waals surface area (Å²) in [4.78, 5) is 23.2. The van der Waals surface area contributed by atoms with Gasteiger partial charge in [-0.05, 0) is 36.8 Å². The lowest BCUT2D eigenvalue weighted by atomic mass is 9.72. The van der Waals surface area contributed by atoms with Gasteiger partial charge in [-0.25, -0.2) is 0 Å². The Morgan fingerprint density at radius 1 is 0.808 bits per heavy atom. The second-order valence-electron chi connectivity index (χ2n) is 6.73. The highest BCUT2D eigenvalue weighted by Crippen LogP contribution is 2.36. The molecule has 136 valence electrons. The van der Waals surface area contributed by atoms with Crippen LogP contribution in [0.4, 0.5) is 0 Å². The van der Waals surface area contributed by atoms with E-state index in [1.807, 2.05) is 60.7 Å². The van der Waals surface area contributed by atoms with Crippen LogP contribution >= 0.6 is 0 Å². The summed E-state index contributed by atoms with van der Waals surface area (Å²) in [5, 5.41) is 19.0. The van der Waals surface area contributed by atoms with Gasteiger partial charge in [0.2, 0.25) is 0 Å². The van der Waals surface area contributed by atoms with Gasteiger partial charge in [0, 0.05) is 6.42 Å². The van der Waals surface area contributed by atoms with Crippen LogP contribution in [0.25, 0.3) is 0 Å². The zero-order valence-corrected chi connectivity index (χ0v) is 14.7. The lowest BCUT2D eigenvalue weighted by molar-refractivity contribution is -0.149. The predicted molar refractivity (Wildman–Crippen MR) is 101 cm³/mol. The molecule has 0 amide bonds. The summed E-state index contributed by atoms with van der Waals surface area (Å²) in [6.07, 6.45) is 1.23. The monoisotopic (exact) mass is 352 g/mol. The third-order valence-corrected chi connectivity index (χ3v) is 4.51. The number of hydrogen-bond acceptors (Lipinski definition) is 2. The second kappa shape index (κ2) is 8.99. The Kier molecular flexibility index (Phi) is 6.73. The van der Waals surface area contributed by atoms with E-state index in [4.69, 9.17) is 5.11 Å². The van der Waals surface area contributed by atoms with Crippen molar-refractivity contribution < 1.29 is 19.8 Å². The van der Waals surface area contributed by atoms with Crippen LogP contribution < -0.4 is 0 Å². The number of allylic oxidation sites excluding steroid dienone is 1. The molecule has 0 bridgehead atoms. The molecule has 0 saturated carbocycles. The molecule has 26 heavy (non-hydrogen) atoms. The van der Waals surface area contributed by atoms with E-state index >= 15 is 0 Å². The SMILES string of the molecule is C=C(CCC(=O)O)CC(Cc1ccccc1)(Cc1ccccc1)C(=O)O. The van der Waals surface area contributed by atoms with Gasteiger partial charge in [-0.15, -0.1) is 0 Å². The predicted octanol–water partition coefficient (Wildman–Crippen LogP) is 4.35. The first-order chi connectivity index (χ1) is 12.4. The average Bonchev–Trinajstić information content (AvgIpc) is 2.61. The van der Waals surface area contributed by atoms with Crippen LogP contribution in [0, 0.1) is 5.41 Å². The molecule has 2 N–H and O–H groups in total. The summed E-state index contributed by atoms with van der Waals surface area (Å²) in [6, 6.07) is 19.0. The van der Waals surface area contributed by atoms with E-state index in [9.17, 15) is 14.7 Å². The van der Waals surface area contributed by atoms with Gasteiger partial charge in [-0.1, -0.05) is 72.8 Å². The molecule has 0 atom stereocenters. The van der Waals surface area contributed by atoms with Gasteiger partial charge < -0.3 is 10.2 Å². The first-order valence-corrected chi connectivity index (χ1v) is 8.61. The van der Waals surface area contributed by atoms with Crippen LogP contribution in [0.15, 0.2) is 72.8 Å². The highest BCUT2D eigenvalue weighted by molar-refractivity contribution is 5.76. The van der Waals surface area contributed by atoms with E-state index < -0.39 is 17.4 Å². The van der Waals surface area contributed by atoms with Crippen LogP contribution in [-0.4, -0.2) is 22.2 Å². The van der Waals surface area contributed by atoms with Crippen molar-refractivity contribution in [2.45, 2.75) is 32.1 Å². The normalized spacial score (nSPS) is 11.1. The van der Waals surface area contributed by atoms with Crippen molar-refractivity contribution in [1.29, 1.82) is 0 Å². The average molecular weight is 352 g/mol. The van der Waals surface area contributed by atoms with Gasteiger partial charge in [0.05, 0.1) is 5.41 Å². The number of carboxylic acids is 2. The molecule has 2 aromatic rings. The Balaban J connectivity index is 2.31. The summed E-state index contributed by atoms with van der Waals surface area (Å²) in [6.45, 7) is 3.95. The highest BCUT2D eigenvalue weighted by Gasteiger charge is 2.39. The van der Waals surface area contributed by atoms with Crippen molar-refractivity contribution in [3.63, 3.8) is 0 Å². The number of hydrogen-bond donors (Lipinski definition) is 2. The fourth-order valence-corrected chi connectivity index (χ4v) is 3.24. The van der Waals surface area contributed by atoms with Crippen molar-refractivity contribution >= 4 is 11.9 Å². The molecule has 0 saturated heterocycles. The van der Waals surface area contributed by atoms with E-state index in [0.717, 1.165) is 11.1 Å². The molecule has 0 spiro atoms. The summed E-state index contributed by atoms with van der Waals surface area (Å²) in [7, 11) is 0. The Bertz CT molecular complexity index is 709. The van der Waals surface area contributed by atoms with Crippen molar-refractivity contribution in [1.82, 2.24) is 0 Å². The van der Waals surface area contributed by atoms with E-state index in [-0.39, 0.29) is 19.3 Å². The lowest BCUT2D eigenvalue weighted by Gasteiger charge is -2.31. The van der Waals surface area contributed by atoms with E-state index in [1.165, 1.54) is 0 Å². The smallest absolute Gasteiger partial charge is 0.310 e. The second-order valence-corrected chi connectivity index (χ2v) is 6.73. The first-order valence-electron chi connectivity index (χ1n) is 8.61. The molecule has 0 radical (unpaired) electrons. The van der Waals surface area contributed by atoms with Crippen molar-refractivity contribution in [3.8, 4) is 0 Å². The fraction of sp³-hybridized carbons (Fsp3) is 0.273. The Morgan fingerprint density at radius 2 is 1.27 bits per heavy atom. The maximum Gasteiger partial charge on any atom is 0.310 e. The third-order valence-electron chi connectivity index (χ3n) is 4.51. The van der Waals surface area contributed by atoms with Gasteiger partial charge >= 0.3 is 11.9 Å². The van der Waals surface area contributed by atoms with Gasteiger partial charge in [0.15, 0.2) is 0 Å². The molecule has 0 fully saturated rings. The lowest BCUT2D eigenvalue weighted by Crippen LogP contribution is -2.36. The first kappa shape index (κ1) is 19.4. The van der Waals surface area contributed by atoms with E-state index in [1.54, 1.807) is 0 Å². The molecule has 0 aliphatic rings. The third kappa shape index (κ3) is 5.59. The van der Waals surface area contributed by atoms with Crippen molar-refractivity contribution in [2.75, 3.05) is 0 Å². The van der Waals surface area contributed by atoms with Gasteiger partial charge in [-0.3, -0.25) is 9.59 Å². The summed E-state index contributed by atoms with van der Waals surface area (Å²) < 4.78 is 0. The molecule has 2 rings (SSSR count). The van der Waals surface area contributed by atoms with Gasteiger partial charge in [-0.2, -0.15) is 0 Å².